The van der Waals surface area contributed by atoms with Gasteiger partial charge in [0, 0.05) is 0 Å². The summed E-state index contributed by atoms with van der Waals surface area (Å²) in [5, 5.41) is 0. The van der Waals surface area contributed by atoms with E-state index in [1.807, 2.05) is 13.8 Å². The van der Waals surface area contributed by atoms with Gasteiger partial charge >= 0.3 is 6.16 Å². The minimum Gasteiger partial charge on any atom is -0.434 e. The van der Waals surface area contributed by atoms with Gasteiger partial charge in [-0.25, -0.2) is 4.79 Å². The lowest BCUT2D eigenvalue weighted by Gasteiger charge is -2.24. The van der Waals surface area contributed by atoms with Crippen LogP contribution >= 0.6 is 0 Å². The third-order valence-corrected chi connectivity index (χ3v) is 4.96. The highest BCUT2D eigenvalue weighted by Crippen LogP contribution is 2.20. The molecule has 3 nitrogen and oxygen atoms in total. The topological polar surface area (TPSA) is 35.5 Å². The van der Waals surface area contributed by atoms with Gasteiger partial charge in [-0.05, 0) is 33.1 Å². The maximum atomic E-state index is 11.8. The molecule has 26 heavy (non-hydrogen) atoms. The SMILES string of the molecule is CCCCCCCCCCOC(=O)OC(C)(C)CCCCCCCCC. The first kappa shape index (κ1) is 25.3. The number of hydrogen-bond acceptors (Lipinski definition) is 3. The lowest BCUT2D eigenvalue weighted by atomic mass is 9.99. The summed E-state index contributed by atoms with van der Waals surface area (Å²) >= 11 is 0. The molecule has 0 aliphatic rings. The molecule has 0 N–H and O–H groups in total. The first-order valence-electron chi connectivity index (χ1n) is 11.4. The molecule has 3 heteroatoms. The van der Waals surface area contributed by atoms with E-state index >= 15 is 0 Å². The number of rotatable bonds is 18. The molecule has 0 aromatic rings. The van der Waals surface area contributed by atoms with Crippen molar-refractivity contribution in [1.29, 1.82) is 0 Å². The summed E-state index contributed by atoms with van der Waals surface area (Å²) in [5.74, 6) is 0. The van der Waals surface area contributed by atoms with Crippen molar-refractivity contribution in [2.24, 2.45) is 0 Å². The fourth-order valence-electron chi connectivity index (χ4n) is 3.21. The van der Waals surface area contributed by atoms with E-state index in [2.05, 4.69) is 13.8 Å². The maximum Gasteiger partial charge on any atom is 0.508 e. The van der Waals surface area contributed by atoms with Gasteiger partial charge in [0.25, 0.3) is 0 Å². The highest BCUT2D eigenvalue weighted by molar-refractivity contribution is 5.60. The normalized spacial score (nSPS) is 11.5. The van der Waals surface area contributed by atoms with Crippen LogP contribution in [0, 0.1) is 0 Å². The molecule has 0 aromatic carbocycles. The van der Waals surface area contributed by atoms with E-state index in [9.17, 15) is 4.79 Å². The average molecular weight is 371 g/mol. The highest BCUT2D eigenvalue weighted by Gasteiger charge is 2.23. The molecule has 0 saturated heterocycles. The number of ether oxygens (including phenoxy) is 2. The first-order valence-corrected chi connectivity index (χ1v) is 11.4. The van der Waals surface area contributed by atoms with Crippen molar-refractivity contribution < 1.29 is 14.3 Å². The summed E-state index contributed by atoms with van der Waals surface area (Å²) in [6.07, 6.45) is 19.3. The van der Waals surface area contributed by atoms with Gasteiger partial charge in [-0.3, -0.25) is 0 Å². The average Bonchev–Trinajstić information content (AvgIpc) is 2.59. The van der Waals surface area contributed by atoms with Crippen molar-refractivity contribution in [2.75, 3.05) is 6.61 Å². The van der Waals surface area contributed by atoms with Crippen LogP contribution in [0.5, 0.6) is 0 Å². The fourth-order valence-corrected chi connectivity index (χ4v) is 3.21. The molecule has 0 rings (SSSR count). The smallest absolute Gasteiger partial charge is 0.434 e. The van der Waals surface area contributed by atoms with Crippen molar-refractivity contribution >= 4 is 6.16 Å². The van der Waals surface area contributed by atoms with Crippen LogP contribution in [-0.4, -0.2) is 18.4 Å². The molecule has 0 bridgehead atoms. The van der Waals surface area contributed by atoms with Crippen LogP contribution in [0.3, 0.4) is 0 Å². The third kappa shape index (κ3) is 18.1. The van der Waals surface area contributed by atoms with Gasteiger partial charge in [-0.15, -0.1) is 0 Å². The molecule has 0 fully saturated rings. The summed E-state index contributed by atoms with van der Waals surface area (Å²) < 4.78 is 10.7. The molecule has 0 amide bonds. The standard InChI is InChI=1S/C23H46O3/c1-5-7-9-11-13-15-17-19-21-25-22(24)26-23(3,4)20-18-16-14-12-10-8-6-2/h5-21H2,1-4H3. The summed E-state index contributed by atoms with van der Waals surface area (Å²) in [5.41, 5.74) is -0.417. The minimum absolute atomic E-state index is 0.417. The van der Waals surface area contributed by atoms with Crippen LogP contribution < -0.4 is 0 Å². The van der Waals surface area contributed by atoms with Crippen molar-refractivity contribution in [3.05, 3.63) is 0 Å². The molecule has 0 aromatic heterocycles. The second-order valence-electron chi connectivity index (χ2n) is 8.31. The van der Waals surface area contributed by atoms with Crippen molar-refractivity contribution in [3.63, 3.8) is 0 Å². The van der Waals surface area contributed by atoms with Crippen molar-refractivity contribution in [3.8, 4) is 0 Å². The monoisotopic (exact) mass is 370 g/mol. The van der Waals surface area contributed by atoms with E-state index in [1.54, 1.807) is 0 Å². The van der Waals surface area contributed by atoms with E-state index in [0.29, 0.717) is 6.61 Å². The second-order valence-corrected chi connectivity index (χ2v) is 8.31. The van der Waals surface area contributed by atoms with Crippen molar-refractivity contribution in [1.82, 2.24) is 0 Å². The molecule has 0 heterocycles. The maximum absolute atomic E-state index is 11.8. The zero-order chi connectivity index (χ0) is 19.5. The van der Waals surface area contributed by atoms with Gasteiger partial charge in [-0.1, -0.05) is 97.3 Å². The second kappa shape index (κ2) is 17.7. The predicted octanol–water partition coefficient (Wildman–Crippen LogP) is 8.20. The van der Waals surface area contributed by atoms with Crippen LogP contribution in [0.25, 0.3) is 0 Å². The lowest BCUT2D eigenvalue weighted by Crippen LogP contribution is -2.28. The van der Waals surface area contributed by atoms with E-state index in [-0.39, 0.29) is 0 Å². The summed E-state index contributed by atoms with van der Waals surface area (Å²) in [6, 6.07) is 0. The Morgan fingerprint density at radius 1 is 0.654 bits per heavy atom. The Morgan fingerprint density at radius 2 is 1.08 bits per heavy atom. The van der Waals surface area contributed by atoms with Crippen LogP contribution in [-0.2, 0) is 9.47 Å². The van der Waals surface area contributed by atoms with Gasteiger partial charge in [0.1, 0.15) is 5.60 Å². The lowest BCUT2D eigenvalue weighted by molar-refractivity contribution is -0.0219. The van der Waals surface area contributed by atoms with Gasteiger partial charge in [-0.2, -0.15) is 0 Å². The quantitative estimate of drug-likeness (QED) is 0.180. The minimum atomic E-state index is -0.499. The van der Waals surface area contributed by atoms with E-state index < -0.39 is 11.8 Å². The molecule has 0 radical (unpaired) electrons. The molecule has 0 aliphatic heterocycles. The first-order chi connectivity index (χ1) is 12.5. The van der Waals surface area contributed by atoms with Crippen molar-refractivity contribution in [2.45, 2.75) is 136 Å². The fraction of sp³-hybridized carbons (Fsp3) is 0.957. The molecule has 0 unspecified atom stereocenters. The molecule has 0 atom stereocenters. The Morgan fingerprint density at radius 3 is 1.58 bits per heavy atom. The molecule has 0 aliphatic carbocycles. The van der Waals surface area contributed by atoms with Crippen LogP contribution in [0.1, 0.15) is 130 Å². The molecular weight excluding hydrogens is 324 g/mol. The third-order valence-electron chi connectivity index (χ3n) is 4.96. The van der Waals surface area contributed by atoms with E-state index in [1.165, 1.54) is 77.0 Å². The Kier molecular flexibility index (Phi) is 17.2. The van der Waals surface area contributed by atoms with Gasteiger partial charge in [0.05, 0.1) is 6.61 Å². The number of hydrogen-bond donors (Lipinski definition) is 0. The largest absolute Gasteiger partial charge is 0.508 e. The van der Waals surface area contributed by atoms with Gasteiger partial charge in [0.15, 0.2) is 0 Å². The Bertz CT molecular complexity index is 313. The highest BCUT2D eigenvalue weighted by atomic mass is 16.7. The van der Waals surface area contributed by atoms with Crippen LogP contribution in [0.4, 0.5) is 4.79 Å². The summed E-state index contributed by atoms with van der Waals surface area (Å²) in [4.78, 5) is 11.8. The summed E-state index contributed by atoms with van der Waals surface area (Å²) in [6.45, 7) is 8.95. The number of carbonyl (C=O) groups excluding carboxylic acids is 1. The Balaban J connectivity index is 3.52. The molecule has 0 saturated carbocycles. The Hall–Kier alpha value is -0.730. The number of carbonyl (C=O) groups is 1. The van der Waals surface area contributed by atoms with E-state index in [4.69, 9.17) is 9.47 Å². The number of unbranched alkanes of at least 4 members (excludes halogenated alkanes) is 13. The van der Waals surface area contributed by atoms with Crippen LogP contribution in [0.15, 0.2) is 0 Å². The zero-order valence-corrected chi connectivity index (χ0v) is 18.2. The van der Waals surface area contributed by atoms with Gasteiger partial charge in [0.2, 0.25) is 0 Å². The molecular formula is C23H46O3. The molecule has 156 valence electrons. The zero-order valence-electron chi connectivity index (χ0n) is 18.2. The van der Waals surface area contributed by atoms with E-state index in [0.717, 1.165) is 25.7 Å². The Labute approximate surface area is 163 Å². The molecule has 0 spiro atoms. The van der Waals surface area contributed by atoms with Gasteiger partial charge < -0.3 is 9.47 Å². The summed E-state index contributed by atoms with van der Waals surface area (Å²) in [7, 11) is 0. The predicted molar refractivity (Wildman–Crippen MR) is 112 cm³/mol. The van der Waals surface area contributed by atoms with Crippen LogP contribution in [0.2, 0.25) is 0 Å².